The molecular weight excluding hydrogens is 748 g/mol. The van der Waals surface area contributed by atoms with Crippen LogP contribution in [0.3, 0.4) is 0 Å². The lowest BCUT2D eigenvalue weighted by Crippen LogP contribution is -2.09. The van der Waals surface area contributed by atoms with Gasteiger partial charge in [0.25, 0.3) is 0 Å². The minimum Gasteiger partial charge on any atom is -0.308 e. The first kappa shape index (κ1) is 36.9. The summed E-state index contributed by atoms with van der Waals surface area (Å²) in [7, 11) is 0. The molecule has 6 heteroatoms. The number of benzene rings is 8. The fraction of sp³-hybridized carbons (Fsp3) is 0.0926. The molecule has 10 rings (SSSR count). The summed E-state index contributed by atoms with van der Waals surface area (Å²) in [5.41, 5.74) is 13.0. The zero-order valence-electron chi connectivity index (χ0n) is 33.5. The van der Waals surface area contributed by atoms with Crippen LogP contribution in [0.2, 0.25) is 0 Å². The van der Waals surface area contributed by atoms with Gasteiger partial charge < -0.3 is 9.13 Å². The van der Waals surface area contributed by atoms with E-state index in [1.165, 1.54) is 12.1 Å². The number of halogens is 3. The number of rotatable bonds is 5. The normalized spacial score (nSPS) is 11.9. The smallest absolute Gasteiger partial charge is 0.308 e. The van der Waals surface area contributed by atoms with Crippen LogP contribution in [0.1, 0.15) is 33.4 Å². The monoisotopic (exact) mass is 785 g/mol. The van der Waals surface area contributed by atoms with Crippen LogP contribution in [0.25, 0.3) is 88.4 Å². The van der Waals surface area contributed by atoms with Gasteiger partial charge >= 0.3 is 6.18 Å². The van der Waals surface area contributed by atoms with Crippen LogP contribution in [0.5, 0.6) is 0 Å². The lowest BCUT2D eigenvalue weighted by Gasteiger charge is -2.20. The van der Waals surface area contributed by atoms with Crippen LogP contribution in [-0.2, 0) is 6.18 Å². The number of hydrogen-bond acceptors (Lipinski definition) is 1. The predicted molar refractivity (Wildman–Crippen MR) is 240 cm³/mol. The summed E-state index contributed by atoms with van der Waals surface area (Å²) < 4.78 is 48.9. The Morgan fingerprint density at radius 3 is 1.28 bits per heavy atom. The van der Waals surface area contributed by atoms with E-state index in [1.807, 2.05) is 36.4 Å². The number of fused-ring (bicyclic) bond motifs is 6. The van der Waals surface area contributed by atoms with Gasteiger partial charge in [0.05, 0.1) is 39.0 Å². The van der Waals surface area contributed by atoms with Crippen LogP contribution in [0.15, 0.2) is 158 Å². The van der Waals surface area contributed by atoms with Crippen LogP contribution in [-0.4, -0.2) is 9.13 Å². The van der Waals surface area contributed by atoms with E-state index in [0.717, 1.165) is 94.2 Å². The molecule has 0 N–H and O–H groups in total. The van der Waals surface area contributed by atoms with Gasteiger partial charge in [0.15, 0.2) is 0 Å². The topological polar surface area (TPSA) is 33.6 Å². The predicted octanol–water partition coefficient (Wildman–Crippen LogP) is 15.0. The quantitative estimate of drug-likeness (QED) is 0.171. The number of hydrogen-bond donors (Lipinski definition) is 0. The highest BCUT2D eigenvalue weighted by molar-refractivity contribution is 6.12. The summed E-state index contributed by atoms with van der Waals surface area (Å²) in [5.74, 6) is 0. The van der Waals surface area contributed by atoms with Crippen LogP contribution in [0, 0.1) is 39.0 Å². The summed E-state index contributed by atoms with van der Waals surface area (Å²) >= 11 is 0. The van der Waals surface area contributed by atoms with Gasteiger partial charge in [0.1, 0.15) is 11.6 Å². The van der Waals surface area contributed by atoms with Gasteiger partial charge in [-0.25, -0.2) is 0 Å². The molecule has 0 bridgehead atoms. The van der Waals surface area contributed by atoms with Gasteiger partial charge in [-0.15, -0.1) is 0 Å². The highest BCUT2D eigenvalue weighted by Crippen LogP contribution is 2.44. The molecule has 0 fully saturated rings. The van der Waals surface area contributed by atoms with Crippen LogP contribution < -0.4 is 0 Å². The van der Waals surface area contributed by atoms with Crippen molar-refractivity contribution in [2.75, 3.05) is 0 Å². The second-order valence-electron chi connectivity index (χ2n) is 16.0. The Labute approximate surface area is 345 Å². The first-order valence-electron chi connectivity index (χ1n) is 20.0. The number of nitrogens with zero attached hydrogens (tertiary/aromatic N) is 3. The fourth-order valence-electron chi connectivity index (χ4n) is 9.32. The van der Waals surface area contributed by atoms with Crippen molar-refractivity contribution in [3.63, 3.8) is 0 Å². The van der Waals surface area contributed by atoms with Crippen molar-refractivity contribution in [3.05, 3.63) is 191 Å². The molecule has 2 heterocycles. The molecule has 0 atom stereocenters. The van der Waals surface area contributed by atoms with Crippen LogP contribution in [0.4, 0.5) is 13.2 Å². The average Bonchev–Trinajstić information content (AvgIpc) is 3.74. The maximum absolute atomic E-state index is 14.9. The standard InChI is InChI=1S/C54H38F3N3/c1-32-21-33(2)24-38(23-32)36-17-19-44-42-12-6-9-15-48(42)59(50(44)27-36)52-29-40(41-11-5-8-14-47(41)54(55,56)57)30-53(46(52)31-58)60-49-16-10-7-13-43(49)45-20-18-37(28-51(45)60)39-25-34(3)22-35(4)26-39/h5-30H,1-4H3. The second kappa shape index (κ2) is 13.9. The van der Waals surface area contributed by atoms with E-state index in [1.54, 1.807) is 18.2 Å². The van der Waals surface area contributed by atoms with Crippen molar-refractivity contribution in [2.24, 2.45) is 0 Å². The largest absolute Gasteiger partial charge is 0.417 e. The van der Waals surface area contributed by atoms with Crippen molar-refractivity contribution in [1.82, 2.24) is 9.13 Å². The molecule has 0 aliphatic carbocycles. The molecule has 290 valence electrons. The molecule has 0 radical (unpaired) electrons. The molecule has 0 amide bonds. The van der Waals surface area contributed by atoms with E-state index >= 15 is 0 Å². The molecule has 0 aliphatic heterocycles. The third-order valence-electron chi connectivity index (χ3n) is 11.7. The summed E-state index contributed by atoms with van der Waals surface area (Å²) in [6, 6.07) is 53.5. The van der Waals surface area contributed by atoms with Gasteiger partial charge in [-0.2, -0.15) is 18.4 Å². The minimum atomic E-state index is -4.62. The Kier molecular flexibility index (Phi) is 8.55. The number of nitriles is 1. The zero-order chi connectivity index (χ0) is 41.4. The molecule has 10 aromatic rings. The Morgan fingerprint density at radius 1 is 0.417 bits per heavy atom. The molecule has 0 saturated heterocycles. The Balaban J connectivity index is 1.36. The lowest BCUT2D eigenvalue weighted by atomic mass is 9.95. The lowest BCUT2D eigenvalue weighted by molar-refractivity contribution is -0.137. The molecular formula is C54H38F3N3. The molecule has 0 spiro atoms. The highest BCUT2D eigenvalue weighted by Gasteiger charge is 2.34. The summed E-state index contributed by atoms with van der Waals surface area (Å²) in [6.45, 7) is 8.32. The summed E-state index contributed by atoms with van der Waals surface area (Å²) in [6.07, 6.45) is -4.62. The Morgan fingerprint density at radius 2 is 0.833 bits per heavy atom. The molecule has 0 aliphatic rings. The molecule has 0 saturated carbocycles. The zero-order valence-corrected chi connectivity index (χ0v) is 33.5. The summed E-state index contributed by atoms with van der Waals surface area (Å²) in [5, 5.41) is 15.4. The van der Waals surface area contributed by atoms with Gasteiger partial charge in [-0.1, -0.05) is 138 Å². The molecule has 0 unspecified atom stereocenters. The Hall–Kier alpha value is -7.36. The molecule has 8 aromatic carbocycles. The van der Waals surface area contributed by atoms with Crippen LogP contribution >= 0.6 is 0 Å². The number of aromatic nitrogens is 2. The fourth-order valence-corrected chi connectivity index (χ4v) is 9.32. The molecule has 2 aromatic heterocycles. The third-order valence-corrected chi connectivity index (χ3v) is 11.7. The van der Waals surface area contributed by atoms with E-state index in [-0.39, 0.29) is 5.56 Å². The molecule has 3 nitrogen and oxygen atoms in total. The van der Waals surface area contributed by atoms with E-state index in [0.29, 0.717) is 22.5 Å². The van der Waals surface area contributed by atoms with Gasteiger partial charge in [0, 0.05) is 21.5 Å². The first-order valence-corrected chi connectivity index (χ1v) is 20.0. The highest BCUT2D eigenvalue weighted by atomic mass is 19.4. The van der Waals surface area contributed by atoms with Gasteiger partial charge in [-0.3, -0.25) is 0 Å². The van der Waals surface area contributed by atoms with Crippen molar-refractivity contribution >= 4 is 43.6 Å². The number of para-hydroxylation sites is 2. The third kappa shape index (κ3) is 6.05. The molecule has 60 heavy (non-hydrogen) atoms. The van der Waals surface area contributed by atoms with E-state index in [4.69, 9.17) is 0 Å². The minimum absolute atomic E-state index is 0.0328. The van der Waals surface area contributed by atoms with E-state index in [9.17, 15) is 18.4 Å². The Bertz CT molecular complexity index is 3200. The van der Waals surface area contributed by atoms with Crippen molar-refractivity contribution < 1.29 is 13.2 Å². The van der Waals surface area contributed by atoms with Crippen molar-refractivity contribution in [1.29, 1.82) is 5.26 Å². The first-order chi connectivity index (χ1) is 29.0. The number of alkyl halides is 3. The van der Waals surface area contributed by atoms with E-state index in [2.05, 4.69) is 128 Å². The average molecular weight is 786 g/mol. The van der Waals surface area contributed by atoms with Crippen molar-refractivity contribution in [3.8, 4) is 50.8 Å². The van der Waals surface area contributed by atoms with Crippen molar-refractivity contribution in [2.45, 2.75) is 33.9 Å². The maximum atomic E-state index is 14.9. The van der Waals surface area contributed by atoms with Gasteiger partial charge in [-0.05, 0) is 104 Å². The summed E-state index contributed by atoms with van der Waals surface area (Å²) in [4.78, 5) is 0. The SMILES string of the molecule is Cc1cc(C)cc(-c2ccc3c4ccccc4n(-c4cc(-c5ccccc5C(F)(F)F)cc(-n5c6ccccc6c6ccc(-c7cc(C)cc(C)c7)cc65)c4C#N)c3c2)c1. The second-order valence-corrected chi connectivity index (χ2v) is 16.0. The van der Waals surface area contributed by atoms with Gasteiger partial charge in [0.2, 0.25) is 0 Å². The maximum Gasteiger partial charge on any atom is 0.417 e. The number of aryl methyl sites for hydroxylation is 4. The van der Waals surface area contributed by atoms with E-state index < -0.39 is 11.7 Å².